The zero-order chi connectivity index (χ0) is 7.11. The molecule has 0 saturated carbocycles. The minimum absolute atomic E-state index is 1.00. The third-order valence-corrected chi connectivity index (χ3v) is 2.68. The van der Waals surface area contributed by atoms with Crippen LogP contribution < -0.4 is 0 Å². The lowest BCUT2D eigenvalue weighted by Gasteiger charge is -1.78. The van der Waals surface area contributed by atoms with Crippen LogP contribution in [0.5, 0.6) is 0 Å². The summed E-state index contributed by atoms with van der Waals surface area (Å²) < 4.78 is 1.39. The third kappa shape index (κ3) is 3.56. The van der Waals surface area contributed by atoms with Crippen molar-refractivity contribution in [2.75, 3.05) is 13.4 Å². The molecule has 1 nitrogen and oxygen atoms in total. The summed E-state index contributed by atoms with van der Waals surface area (Å²) in [5, 5.41) is 9.09. The van der Waals surface area contributed by atoms with Crippen molar-refractivity contribution in [1.82, 2.24) is 0 Å². The number of aliphatic hydroxyl groups is 1. The fraction of sp³-hybridized carbons (Fsp3) is 0.333. The first-order valence-electron chi connectivity index (χ1n) is 2.45. The number of hydrogen-bond donors (Lipinski definition) is 1. The van der Waals surface area contributed by atoms with E-state index in [4.69, 9.17) is 5.11 Å². The maximum atomic E-state index is 7.00. The maximum absolute atomic E-state index is 7.00. The summed E-state index contributed by atoms with van der Waals surface area (Å²) in [6.07, 6.45) is 2.09. The van der Waals surface area contributed by atoms with Crippen LogP contribution in [0.2, 0.25) is 0 Å². The second kappa shape index (κ2) is 6.13. The van der Waals surface area contributed by atoms with E-state index in [9.17, 15) is 0 Å². The van der Waals surface area contributed by atoms with Gasteiger partial charge in [0.25, 0.3) is 0 Å². The van der Waals surface area contributed by atoms with Crippen LogP contribution in [0, 0.1) is 0 Å². The van der Waals surface area contributed by atoms with E-state index in [2.05, 4.69) is 23.8 Å². The van der Waals surface area contributed by atoms with Gasteiger partial charge in [-0.1, -0.05) is 6.07 Å². The Bertz CT molecular complexity index is 126. The van der Waals surface area contributed by atoms with E-state index in [0.29, 0.717) is 0 Å². The van der Waals surface area contributed by atoms with Crippen molar-refractivity contribution in [2.45, 2.75) is 4.21 Å². The van der Waals surface area contributed by atoms with Crippen LogP contribution in [-0.2, 0) is 0 Å². The summed E-state index contributed by atoms with van der Waals surface area (Å²) in [6.45, 7) is 0. The minimum Gasteiger partial charge on any atom is -0.400 e. The monoisotopic (exact) mass is 162 g/mol. The van der Waals surface area contributed by atoms with Crippen LogP contribution in [0.4, 0.5) is 0 Å². The van der Waals surface area contributed by atoms with Gasteiger partial charge in [0.2, 0.25) is 0 Å². The Morgan fingerprint density at radius 1 is 1.56 bits per heavy atom. The average Bonchev–Trinajstić information content (AvgIpc) is 2.43. The van der Waals surface area contributed by atoms with Gasteiger partial charge in [0.1, 0.15) is 0 Å². The van der Waals surface area contributed by atoms with Crippen LogP contribution in [0.1, 0.15) is 0 Å². The fourth-order valence-corrected chi connectivity index (χ4v) is 1.59. The van der Waals surface area contributed by atoms with Gasteiger partial charge in [-0.3, -0.25) is 0 Å². The first-order chi connectivity index (χ1) is 4.43. The zero-order valence-corrected chi connectivity index (χ0v) is 7.13. The van der Waals surface area contributed by atoms with Crippen LogP contribution >= 0.6 is 23.1 Å². The lowest BCUT2D eigenvalue weighted by molar-refractivity contribution is 0.399. The van der Waals surface area contributed by atoms with Gasteiger partial charge in [-0.15, -0.1) is 23.1 Å². The molecule has 0 aliphatic rings. The molecule has 0 aliphatic carbocycles. The highest BCUT2D eigenvalue weighted by atomic mass is 32.2. The highest BCUT2D eigenvalue weighted by molar-refractivity contribution is 8.00. The molecule has 1 N–H and O–H groups in total. The van der Waals surface area contributed by atoms with Crippen molar-refractivity contribution in [2.24, 2.45) is 0 Å². The Labute approximate surface area is 63.7 Å². The lowest BCUT2D eigenvalue weighted by Crippen LogP contribution is -1.45. The lowest BCUT2D eigenvalue weighted by atomic mass is 10.7. The molecule has 0 saturated heterocycles. The highest BCUT2D eigenvalue weighted by Gasteiger charge is 1.83. The summed E-state index contributed by atoms with van der Waals surface area (Å²) in [4.78, 5) is 0. The van der Waals surface area contributed by atoms with Gasteiger partial charge in [0, 0.05) is 7.11 Å². The largest absolute Gasteiger partial charge is 0.400 e. The first kappa shape index (κ1) is 9.01. The molecule has 1 aromatic rings. The van der Waals surface area contributed by atoms with Gasteiger partial charge >= 0.3 is 0 Å². The first-order valence-corrected chi connectivity index (χ1v) is 4.56. The molecule has 0 unspecified atom stereocenters. The SMILES string of the molecule is CO.CSc1cccs1. The van der Waals surface area contributed by atoms with Gasteiger partial charge in [0.05, 0.1) is 4.21 Å². The maximum Gasteiger partial charge on any atom is 0.0595 e. The Morgan fingerprint density at radius 2 is 2.22 bits per heavy atom. The molecule has 0 aliphatic heterocycles. The van der Waals surface area contributed by atoms with Gasteiger partial charge in [0.15, 0.2) is 0 Å². The zero-order valence-electron chi connectivity index (χ0n) is 5.50. The predicted molar refractivity (Wildman–Crippen MR) is 44.2 cm³/mol. The molecule has 0 radical (unpaired) electrons. The Balaban J connectivity index is 0.000000291. The Kier molecular flexibility index (Phi) is 6.14. The molecular weight excluding hydrogens is 152 g/mol. The van der Waals surface area contributed by atoms with Gasteiger partial charge in [-0.25, -0.2) is 0 Å². The van der Waals surface area contributed by atoms with Crippen molar-refractivity contribution in [3.63, 3.8) is 0 Å². The number of hydrogen-bond acceptors (Lipinski definition) is 3. The minimum atomic E-state index is 1.00. The molecule has 1 heterocycles. The molecule has 9 heavy (non-hydrogen) atoms. The molecular formula is C6H10OS2. The number of rotatable bonds is 1. The van der Waals surface area contributed by atoms with Gasteiger partial charge < -0.3 is 5.11 Å². The number of aliphatic hydroxyl groups excluding tert-OH is 1. The van der Waals surface area contributed by atoms with E-state index < -0.39 is 0 Å². The van der Waals surface area contributed by atoms with Crippen LogP contribution in [0.3, 0.4) is 0 Å². The van der Waals surface area contributed by atoms with Crippen LogP contribution in [0.15, 0.2) is 21.7 Å². The fourth-order valence-electron chi connectivity index (χ4n) is 0.380. The normalized spacial score (nSPS) is 7.89. The number of thioether (sulfide) groups is 1. The van der Waals surface area contributed by atoms with E-state index in [1.54, 1.807) is 23.1 Å². The van der Waals surface area contributed by atoms with E-state index in [-0.39, 0.29) is 0 Å². The summed E-state index contributed by atoms with van der Waals surface area (Å²) >= 11 is 3.58. The summed E-state index contributed by atoms with van der Waals surface area (Å²) in [7, 11) is 1.00. The summed E-state index contributed by atoms with van der Waals surface area (Å²) in [5.41, 5.74) is 0. The highest BCUT2D eigenvalue weighted by Crippen LogP contribution is 2.19. The van der Waals surface area contributed by atoms with Crippen molar-refractivity contribution < 1.29 is 5.11 Å². The Hall–Kier alpha value is 0.01000. The molecule has 1 aromatic heterocycles. The molecule has 0 amide bonds. The second-order valence-electron chi connectivity index (χ2n) is 1.14. The van der Waals surface area contributed by atoms with Crippen LogP contribution in [0.25, 0.3) is 0 Å². The van der Waals surface area contributed by atoms with Crippen molar-refractivity contribution in [1.29, 1.82) is 0 Å². The quantitative estimate of drug-likeness (QED) is 0.638. The van der Waals surface area contributed by atoms with Crippen molar-refractivity contribution >= 4 is 23.1 Å². The average molecular weight is 162 g/mol. The van der Waals surface area contributed by atoms with E-state index in [1.165, 1.54) is 4.21 Å². The second-order valence-corrected chi connectivity index (χ2v) is 3.19. The summed E-state index contributed by atoms with van der Waals surface area (Å²) in [5.74, 6) is 0. The molecule has 3 heteroatoms. The van der Waals surface area contributed by atoms with E-state index in [1.807, 2.05) is 0 Å². The van der Waals surface area contributed by atoms with E-state index >= 15 is 0 Å². The van der Waals surface area contributed by atoms with E-state index in [0.717, 1.165) is 7.11 Å². The third-order valence-electron chi connectivity index (χ3n) is 0.696. The van der Waals surface area contributed by atoms with Crippen LogP contribution in [-0.4, -0.2) is 18.5 Å². The van der Waals surface area contributed by atoms with Gasteiger partial charge in [-0.05, 0) is 17.7 Å². The molecule has 0 aromatic carbocycles. The summed E-state index contributed by atoms with van der Waals surface area (Å²) in [6, 6.07) is 4.19. The molecule has 0 spiro atoms. The predicted octanol–water partition coefficient (Wildman–Crippen LogP) is 2.08. The van der Waals surface area contributed by atoms with Gasteiger partial charge in [-0.2, -0.15) is 0 Å². The topological polar surface area (TPSA) is 20.2 Å². The molecule has 0 atom stereocenters. The molecule has 0 fully saturated rings. The standard InChI is InChI=1S/C5H6S2.CH4O/c1-6-5-3-2-4-7-5;1-2/h2-4H,1H3;2H,1H3. The molecule has 0 bridgehead atoms. The Morgan fingerprint density at radius 3 is 2.44 bits per heavy atom. The smallest absolute Gasteiger partial charge is 0.0595 e. The van der Waals surface area contributed by atoms with Crippen molar-refractivity contribution in [3.05, 3.63) is 17.5 Å². The van der Waals surface area contributed by atoms with Crippen molar-refractivity contribution in [3.8, 4) is 0 Å². The molecule has 1 rings (SSSR count). The number of thiophene rings is 1. The molecule has 52 valence electrons.